The fourth-order valence-corrected chi connectivity index (χ4v) is 2.27. The SMILES string of the molecule is NC(=O)CCCNC(=O)C1CCCC(C(=O)O)C1. The van der Waals surface area contributed by atoms with Crippen LogP contribution in [0.1, 0.15) is 38.5 Å². The zero-order valence-corrected chi connectivity index (χ0v) is 10.4. The molecular weight excluding hydrogens is 236 g/mol. The van der Waals surface area contributed by atoms with Crippen LogP contribution in [0.3, 0.4) is 0 Å². The number of primary amides is 1. The Bertz CT molecular complexity index is 330. The molecule has 1 fully saturated rings. The average molecular weight is 256 g/mol. The van der Waals surface area contributed by atoms with Crippen LogP contribution in [-0.4, -0.2) is 29.4 Å². The highest BCUT2D eigenvalue weighted by molar-refractivity contribution is 5.80. The molecule has 0 spiro atoms. The smallest absolute Gasteiger partial charge is 0.306 e. The van der Waals surface area contributed by atoms with Crippen molar-refractivity contribution in [1.29, 1.82) is 0 Å². The molecule has 0 radical (unpaired) electrons. The van der Waals surface area contributed by atoms with Gasteiger partial charge in [0, 0.05) is 18.9 Å². The monoisotopic (exact) mass is 256 g/mol. The van der Waals surface area contributed by atoms with Crippen LogP contribution in [0.5, 0.6) is 0 Å². The Morgan fingerprint density at radius 2 is 1.89 bits per heavy atom. The third-order valence-corrected chi connectivity index (χ3v) is 3.29. The molecule has 2 unspecified atom stereocenters. The molecule has 0 aromatic rings. The van der Waals surface area contributed by atoms with Crippen molar-refractivity contribution >= 4 is 17.8 Å². The fourth-order valence-electron chi connectivity index (χ4n) is 2.27. The van der Waals surface area contributed by atoms with E-state index in [0.29, 0.717) is 25.8 Å². The minimum Gasteiger partial charge on any atom is -0.481 e. The summed E-state index contributed by atoms with van der Waals surface area (Å²) in [6.45, 7) is 0.413. The van der Waals surface area contributed by atoms with Crippen molar-refractivity contribution in [3.8, 4) is 0 Å². The highest BCUT2D eigenvalue weighted by atomic mass is 16.4. The van der Waals surface area contributed by atoms with Gasteiger partial charge in [-0.1, -0.05) is 6.42 Å². The Kier molecular flexibility index (Phi) is 5.61. The molecule has 1 saturated carbocycles. The number of rotatable bonds is 6. The molecule has 0 aromatic carbocycles. The minimum atomic E-state index is -0.818. The van der Waals surface area contributed by atoms with Crippen LogP contribution in [0.4, 0.5) is 0 Å². The summed E-state index contributed by atoms with van der Waals surface area (Å²) in [5, 5.41) is 11.7. The first-order valence-corrected chi connectivity index (χ1v) is 6.29. The van der Waals surface area contributed by atoms with E-state index in [9.17, 15) is 14.4 Å². The maximum atomic E-state index is 11.8. The predicted molar refractivity (Wildman–Crippen MR) is 64.5 cm³/mol. The van der Waals surface area contributed by atoms with E-state index >= 15 is 0 Å². The van der Waals surface area contributed by atoms with Crippen molar-refractivity contribution in [2.24, 2.45) is 17.6 Å². The summed E-state index contributed by atoms with van der Waals surface area (Å²) < 4.78 is 0. The summed E-state index contributed by atoms with van der Waals surface area (Å²) in [6.07, 6.45) is 3.36. The first kappa shape index (κ1) is 14.5. The fraction of sp³-hybridized carbons (Fsp3) is 0.750. The van der Waals surface area contributed by atoms with E-state index in [1.807, 2.05) is 0 Å². The average Bonchev–Trinajstić information content (AvgIpc) is 2.34. The highest BCUT2D eigenvalue weighted by Gasteiger charge is 2.30. The van der Waals surface area contributed by atoms with Crippen LogP contribution >= 0.6 is 0 Å². The number of carboxylic acid groups (broad SMARTS) is 1. The maximum Gasteiger partial charge on any atom is 0.306 e. The zero-order chi connectivity index (χ0) is 13.5. The lowest BCUT2D eigenvalue weighted by Crippen LogP contribution is -2.36. The molecule has 0 heterocycles. The Morgan fingerprint density at radius 1 is 1.22 bits per heavy atom. The van der Waals surface area contributed by atoms with Crippen molar-refractivity contribution in [3.63, 3.8) is 0 Å². The molecule has 102 valence electrons. The number of carbonyl (C=O) groups excluding carboxylic acids is 2. The van der Waals surface area contributed by atoms with Crippen molar-refractivity contribution in [3.05, 3.63) is 0 Å². The molecule has 6 heteroatoms. The van der Waals surface area contributed by atoms with Crippen molar-refractivity contribution < 1.29 is 19.5 Å². The number of nitrogens with one attached hydrogen (secondary N) is 1. The van der Waals surface area contributed by atoms with E-state index in [-0.39, 0.29) is 24.2 Å². The molecule has 4 N–H and O–H groups in total. The van der Waals surface area contributed by atoms with Crippen LogP contribution < -0.4 is 11.1 Å². The van der Waals surface area contributed by atoms with Gasteiger partial charge < -0.3 is 16.2 Å². The van der Waals surface area contributed by atoms with E-state index in [1.165, 1.54) is 0 Å². The third-order valence-electron chi connectivity index (χ3n) is 3.29. The van der Waals surface area contributed by atoms with Gasteiger partial charge in [0.25, 0.3) is 0 Å². The second-order valence-corrected chi connectivity index (χ2v) is 4.76. The van der Waals surface area contributed by atoms with Gasteiger partial charge >= 0.3 is 5.97 Å². The molecule has 6 nitrogen and oxygen atoms in total. The summed E-state index contributed by atoms with van der Waals surface area (Å²) in [7, 11) is 0. The topological polar surface area (TPSA) is 109 Å². The molecule has 2 amide bonds. The first-order valence-electron chi connectivity index (χ1n) is 6.29. The Balaban J connectivity index is 2.28. The van der Waals surface area contributed by atoms with E-state index < -0.39 is 11.9 Å². The molecule has 0 aromatic heterocycles. The summed E-state index contributed by atoms with van der Waals surface area (Å²) >= 11 is 0. The quantitative estimate of drug-likeness (QED) is 0.592. The van der Waals surface area contributed by atoms with Crippen LogP contribution in [0.2, 0.25) is 0 Å². The number of carbonyl (C=O) groups is 3. The van der Waals surface area contributed by atoms with Gasteiger partial charge in [-0.2, -0.15) is 0 Å². The molecule has 2 atom stereocenters. The van der Waals surface area contributed by atoms with Crippen molar-refractivity contribution in [2.75, 3.05) is 6.54 Å². The Labute approximate surface area is 106 Å². The van der Waals surface area contributed by atoms with E-state index in [0.717, 1.165) is 12.8 Å². The molecule has 18 heavy (non-hydrogen) atoms. The van der Waals surface area contributed by atoms with Gasteiger partial charge in [0.05, 0.1) is 5.92 Å². The number of amides is 2. The lowest BCUT2D eigenvalue weighted by molar-refractivity contribution is -0.144. The molecule has 1 aliphatic carbocycles. The Hall–Kier alpha value is -1.59. The van der Waals surface area contributed by atoms with Crippen molar-refractivity contribution in [2.45, 2.75) is 38.5 Å². The van der Waals surface area contributed by atoms with Crippen molar-refractivity contribution in [1.82, 2.24) is 5.32 Å². The van der Waals surface area contributed by atoms with E-state index in [4.69, 9.17) is 10.8 Å². The standard InChI is InChI=1S/C12H20N2O4/c13-10(15)5-2-6-14-11(16)8-3-1-4-9(7-8)12(17)18/h8-9H,1-7H2,(H2,13,15)(H,14,16)(H,17,18). The molecule has 0 saturated heterocycles. The summed E-state index contributed by atoms with van der Waals surface area (Å²) in [5.74, 6) is -1.92. The molecule has 0 aliphatic heterocycles. The number of aliphatic carboxylic acids is 1. The first-order chi connectivity index (χ1) is 8.50. The summed E-state index contributed by atoms with van der Waals surface area (Å²) in [4.78, 5) is 33.2. The van der Waals surface area contributed by atoms with Gasteiger partial charge in [0.2, 0.25) is 11.8 Å². The number of hydrogen-bond donors (Lipinski definition) is 3. The lowest BCUT2D eigenvalue weighted by Gasteiger charge is -2.25. The molecule has 1 aliphatic rings. The van der Waals surface area contributed by atoms with Gasteiger partial charge in [0.15, 0.2) is 0 Å². The van der Waals surface area contributed by atoms with Crippen LogP contribution in [0.25, 0.3) is 0 Å². The van der Waals surface area contributed by atoms with Gasteiger partial charge in [-0.25, -0.2) is 0 Å². The second-order valence-electron chi connectivity index (χ2n) is 4.76. The lowest BCUT2D eigenvalue weighted by atomic mass is 9.81. The van der Waals surface area contributed by atoms with Gasteiger partial charge in [0.1, 0.15) is 0 Å². The second kappa shape index (κ2) is 6.98. The highest BCUT2D eigenvalue weighted by Crippen LogP contribution is 2.29. The van der Waals surface area contributed by atoms with Gasteiger partial charge in [-0.05, 0) is 25.7 Å². The normalized spacial score (nSPS) is 23.3. The largest absolute Gasteiger partial charge is 0.481 e. The predicted octanol–water partition coefficient (Wildman–Crippen LogP) is 0.259. The number of hydrogen-bond acceptors (Lipinski definition) is 3. The third kappa shape index (κ3) is 4.73. The van der Waals surface area contributed by atoms with Crippen LogP contribution in [0.15, 0.2) is 0 Å². The van der Waals surface area contributed by atoms with Gasteiger partial charge in [-0.3, -0.25) is 14.4 Å². The van der Waals surface area contributed by atoms with E-state index in [2.05, 4.69) is 5.32 Å². The van der Waals surface area contributed by atoms with Gasteiger partial charge in [-0.15, -0.1) is 0 Å². The maximum absolute atomic E-state index is 11.8. The molecular formula is C12H20N2O4. The Morgan fingerprint density at radius 3 is 2.50 bits per heavy atom. The summed E-state index contributed by atoms with van der Waals surface area (Å²) in [5.41, 5.74) is 4.99. The zero-order valence-electron chi connectivity index (χ0n) is 10.4. The molecule has 0 bridgehead atoms. The molecule has 1 rings (SSSR count). The minimum absolute atomic E-state index is 0.106. The van der Waals surface area contributed by atoms with Crippen LogP contribution in [-0.2, 0) is 14.4 Å². The number of carboxylic acids is 1. The number of nitrogens with two attached hydrogens (primary N) is 1. The van der Waals surface area contributed by atoms with E-state index in [1.54, 1.807) is 0 Å². The summed E-state index contributed by atoms with van der Waals surface area (Å²) in [6, 6.07) is 0. The van der Waals surface area contributed by atoms with Crippen LogP contribution in [0, 0.1) is 11.8 Å².